The minimum absolute atomic E-state index is 0.0259. The molecule has 10 N–H and O–H groups in total. The third-order valence-corrected chi connectivity index (χ3v) is 2.80. The summed E-state index contributed by atoms with van der Waals surface area (Å²) in [5.74, 6) is -1.05. The molecule has 10 nitrogen and oxygen atoms in total. The molecule has 0 aliphatic carbocycles. The highest BCUT2D eigenvalue weighted by Crippen LogP contribution is 1.97. The van der Waals surface area contributed by atoms with E-state index in [-0.39, 0.29) is 12.5 Å². The summed E-state index contributed by atoms with van der Waals surface area (Å²) in [5, 5.41) is 4.93. The lowest BCUT2D eigenvalue weighted by atomic mass is 10.1. The summed E-state index contributed by atoms with van der Waals surface area (Å²) in [7, 11) is 0. The number of guanidine groups is 1. The number of carbonyl (C=O) groups is 3. The summed E-state index contributed by atoms with van der Waals surface area (Å²) in [6, 6.07) is -2.38. The molecule has 10 heteroatoms. The van der Waals surface area contributed by atoms with E-state index in [1.54, 1.807) is 0 Å². The van der Waals surface area contributed by atoms with Crippen LogP contribution in [-0.4, -0.2) is 55.3 Å². The van der Waals surface area contributed by atoms with E-state index in [4.69, 9.17) is 22.9 Å². The zero-order chi connectivity index (χ0) is 17.1. The molecule has 2 amide bonds. The standard InChI is InChI=1S/C12H25N7O3/c1-7(18-11(22)9(14)5-13)10(21)19-8(6-20)3-2-4-17-12(15)16/h6-9H,2-5,13-14H2,1H3,(H,18,22)(H,19,21)(H4,15,16,17)/t7-,8+,9?/m1/s1. The van der Waals surface area contributed by atoms with Gasteiger partial charge in [-0.2, -0.15) is 0 Å². The molecule has 0 aromatic rings. The number of aliphatic imine (C=N–C) groups is 1. The van der Waals surface area contributed by atoms with Crippen LogP contribution in [0, 0.1) is 0 Å². The first-order valence-electron chi connectivity index (χ1n) is 6.88. The van der Waals surface area contributed by atoms with Gasteiger partial charge in [-0.1, -0.05) is 0 Å². The van der Waals surface area contributed by atoms with Crippen molar-refractivity contribution in [3.8, 4) is 0 Å². The molecule has 0 saturated carbocycles. The molecule has 0 aliphatic heterocycles. The van der Waals surface area contributed by atoms with Gasteiger partial charge < -0.3 is 38.4 Å². The number of hydrogen-bond donors (Lipinski definition) is 6. The molecule has 3 atom stereocenters. The molecule has 0 fully saturated rings. The Morgan fingerprint density at radius 1 is 1.23 bits per heavy atom. The molecular formula is C12H25N7O3. The average molecular weight is 315 g/mol. The third-order valence-electron chi connectivity index (χ3n) is 2.80. The molecule has 22 heavy (non-hydrogen) atoms. The van der Waals surface area contributed by atoms with E-state index in [9.17, 15) is 14.4 Å². The van der Waals surface area contributed by atoms with Crippen LogP contribution in [0.15, 0.2) is 4.99 Å². The minimum Gasteiger partial charge on any atom is -0.370 e. The van der Waals surface area contributed by atoms with Gasteiger partial charge in [0, 0.05) is 13.1 Å². The van der Waals surface area contributed by atoms with Crippen molar-refractivity contribution in [3.63, 3.8) is 0 Å². The van der Waals surface area contributed by atoms with E-state index < -0.39 is 29.9 Å². The second-order valence-corrected chi connectivity index (χ2v) is 4.77. The number of amides is 2. The molecule has 126 valence electrons. The maximum Gasteiger partial charge on any atom is 0.242 e. The second-order valence-electron chi connectivity index (χ2n) is 4.77. The van der Waals surface area contributed by atoms with Crippen molar-refractivity contribution < 1.29 is 14.4 Å². The summed E-state index contributed by atoms with van der Waals surface area (Å²) in [5.41, 5.74) is 21.0. The summed E-state index contributed by atoms with van der Waals surface area (Å²) in [6.45, 7) is 1.82. The molecule has 0 radical (unpaired) electrons. The van der Waals surface area contributed by atoms with Crippen LogP contribution in [0.3, 0.4) is 0 Å². The van der Waals surface area contributed by atoms with Gasteiger partial charge in [0.2, 0.25) is 11.8 Å². The molecule has 0 aromatic carbocycles. The average Bonchev–Trinajstić information content (AvgIpc) is 2.48. The Bertz CT molecular complexity index is 410. The van der Waals surface area contributed by atoms with Crippen molar-refractivity contribution in [2.24, 2.45) is 27.9 Å². The molecular weight excluding hydrogens is 290 g/mol. The highest BCUT2D eigenvalue weighted by atomic mass is 16.2. The Kier molecular flexibility index (Phi) is 9.46. The van der Waals surface area contributed by atoms with Gasteiger partial charge in [0.05, 0.1) is 12.1 Å². The van der Waals surface area contributed by atoms with E-state index in [0.29, 0.717) is 25.7 Å². The highest BCUT2D eigenvalue weighted by Gasteiger charge is 2.21. The molecule has 0 aliphatic rings. The van der Waals surface area contributed by atoms with Crippen molar-refractivity contribution >= 4 is 24.1 Å². The minimum atomic E-state index is -0.878. The smallest absolute Gasteiger partial charge is 0.242 e. The second kappa shape index (κ2) is 10.5. The molecule has 0 saturated heterocycles. The number of aldehydes is 1. The number of rotatable bonds is 10. The first kappa shape index (κ1) is 19.8. The first-order valence-corrected chi connectivity index (χ1v) is 6.88. The monoisotopic (exact) mass is 315 g/mol. The summed E-state index contributed by atoms with van der Waals surface area (Å²) < 4.78 is 0. The van der Waals surface area contributed by atoms with Gasteiger partial charge in [-0.15, -0.1) is 0 Å². The molecule has 0 spiro atoms. The van der Waals surface area contributed by atoms with Crippen LogP contribution in [0.4, 0.5) is 0 Å². The molecule has 0 rings (SSSR count). The van der Waals surface area contributed by atoms with Crippen molar-refractivity contribution in [2.45, 2.75) is 37.9 Å². The summed E-state index contributed by atoms with van der Waals surface area (Å²) in [4.78, 5) is 38.1. The zero-order valence-electron chi connectivity index (χ0n) is 12.6. The van der Waals surface area contributed by atoms with E-state index in [0.717, 1.165) is 0 Å². The van der Waals surface area contributed by atoms with Crippen LogP contribution in [-0.2, 0) is 14.4 Å². The SMILES string of the molecule is C[C@@H](NC(=O)C(N)CN)C(=O)N[C@H](C=O)CCCN=C(N)N. The van der Waals surface area contributed by atoms with Crippen LogP contribution in [0.5, 0.6) is 0 Å². The Balaban J connectivity index is 4.26. The number of nitrogens with two attached hydrogens (primary N) is 4. The zero-order valence-corrected chi connectivity index (χ0v) is 12.6. The lowest BCUT2D eigenvalue weighted by Crippen LogP contribution is -2.53. The van der Waals surface area contributed by atoms with Crippen LogP contribution in [0.2, 0.25) is 0 Å². The number of carbonyl (C=O) groups excluding carboxylic acids is 3. The summed E-state index contributed by atoms with van der Waals surface area (Å²) in [6.07, 6.45) is 1.53. The predicted molar refractivity (Wildman–Crippen MR) is 82.5 cm³/mol. The number of nitrogens with one attached hydrogen (secondary N) is 2. The van der Waals surface area contributed by atoms with Gasteiger partial charge in [-0.05, 0) is 19.8 Å². The number of hydrogen-bond acceptors (Lipinski definition) is 6. The normalized spacial score (nSPS) is 14.3. The Hall–Kier alpha value is -2.20. The van der Waals surface area contributed by atoms with Crippen molar-refractivity contribution in [1.29, 1.82) is 0 Å². The van der Waals surface area contributed by atoms with Gasteiger partial charge in [0.1, 0.15) is 12.3 Å². The van der Waals surface area contributed by atoms with Crippen molar-refractivity contribution in [3.05, 3.63) is 0 Å². The molecule has 1 unspecified atom stereocenters. The molecule has 0 heterocycles. The van der Waals surface area contributed by atoms with Crippen molar-refractivity contribution in [2.75, 3.05) is 13.1 Å². The predicted octanol–water partition coefficient (Wildman–Crippen LogP) is -3.49. The fraction of sp³-hybridized carbons (Fsp3) is 0.667. The van der Waals surface area contributed by atoms with E-state index in [1.165, 1.54) is 6.92 Å². The lowest BCUT2D eigenvalue weighted by Gasteiger charge is -2.19. The molecule has 0 bridgehead atoms. The van der Waals surface area contributed by atoms with Crippen LogP contribution in [0.25, 0.3) is 0 Å². The Labute approximate surface area is 129 Å². The van der Waals surface area contributed by atoms with Crippen molar-refractivity contribution in [1.82, 2.24) is 10.6 Å². The maximum atomic E-state index is 11.9. The van der Waals surface area contributed by atoms with Crippen LogP contribution in [0.1, 0.15) is 19.8 Å². The van der Waals surface area contributed by atoms with Crippen LogP contribution >= 0.6 is 0 Å². The Morgan fingerprint density at radius 2 is 1.86 bits per heavy atom. The third kappa shape index (κ3) is 8.17. The van der Waals surface area contributed by atoms with E-state index >= 15 is 0 Å². The van der Waals surface area contributed by atoms with Gasteiger partial charge >= 0.3 is 0 Å². The lowest BCUT2D eigenvalue weighted by molar-refractivity contribution is -0.130. The van der Waals surface area contributed by atoms with Gasteiger partial charge in [0.15, 0.2) is 5.96 Å². The van der Waals surface area contributed by atoms with E-state index in [1.807, 2.05) is 0 Å². The maximum absolute atomic E-state index is 11.9. The first-order chi connectivity index (χ1) is 10.3. The molecule has 0 aromatic heterocycles. The van der Waals surface area contributed by atoms with Gasteiger partial charge in [-0.3, -0.25) is 14.6 Å². The Morgan fingerprint density at radius 3 is 2.36 bits per heavy atom. The fourth-order valence-corrected chi connectivity index (χ4v) is 1.49. The topological polar surface area (TPSA) is 192 Å². The number of nitrogens with zero attached hydrogens (tertiary/aromatic N) is 1. The van der Waals surface area contributed by atoms with E-state index in [2.05, 4.69) is 15.6 Å². The van der Waals surface area contributed by atoms with Gasteiger partial charge in [0.25, 0.3) is 0 Å². The van der Waals surface area contributed by atoms with Crippen LogP contribution < -0.4 is 33.6 Å². The van der Waals surface area contributed by atoms with Gasteiger partial charge in [-0.25, -0.2) is 0 Å². The quantitative estimate of drug-likeness (QED) is 0.104. The fourth-order valence-electron chi connectivity index (χ4n) is 1.49. The summed E-state index contributed by atoms with van der Waals surface area (Å²) >= 11 is 0. The largest absolute Gasteiger partial charge is 0.370 e. The highest BCUT2D eigenvalue weighted by molar-refractivity contribution is 5.90.